The number of nitrogens with zero attached hydrogens (tertiary/aromatic N) is 1. The molecule has 0 saturated carbocycles. The van der Waals surface area contributed by atoms with E-state index in [0.29, 0.717) is 16.6 Å². The van der Waals surface area contributed by atoms with Crippen LogP contribution in [0, 0.1) is 0 Å². The zero-order chi connectivity index (χ0) is 15.2. The number of hydrogen-bond donors (Lipinski definition) is 1. The van der Waals surface area contributed by atoms with Gasteiger partial charge in [0.2, 0.25) is 0 Å². The average Bonchev–Trinajstić information content (AvgIpc) is 2.50. The Morgan fingerprint density at radius 3 is 2.48 bits per heavy atom. The quantitative estimate of drug-likeness (QED) is 0.864. The maximum Gasteiger partial charge on any atom is 0.0482 e. The fraction of sp³-hybridized carbons (Fsp3) is 0.294. The monoisotopic (exact) mass is 322 g/mol. The number of likely N-dealkylation sites (N-methyl/N-ethyl adjacent to an activating group) is 1. The lowest BCUT2D eigenvalue weighted by Gasteiger charge is -2.28. The van der Waals surface area contributed by atoms with Crippen LogP contribution in [-0.4, -0.2) is 25.0 Å². The van der Waals surface area contributed by atoms with E-state index in [4.69, 9.17) is 28.9 Å². The van der Waals surface area contributed by atoms with Crippen molar-refractivity contribution in [2.45, 2.75) is 12.5 Å². The van der Waals surface area contributed by atoms with Crippen LogP contribution in [0.2, 0.25) is 10.0 Å². The first kappa shape index (κ1) is 16.3. The van der Waals surface area contributed by atoms with Gasteiger partial charge in [-0.2, -0.15) is 0 Å². The molecule has 2 nitrogen and oxygen atoms in total. The molecule has 0 saturated heterocycles. The van der Waals surface area contributed by atoms with Crippen molar-refractivity contribution in [3.8, 4) is 0 Å². The Bertz CT molecular complexity index is 572. The molecule has 2 N–H and O–H groups in total. The molecule has 0 radical (unpaired) electrons. The third-order valence-electron chi connectivity index (χ3n) is 3.67. The van der Waals surface area contributed by atoms with E-state index in [9.17, 15) is 0 Å². The van der Waals surface area contributed by atoms with E-state index >= 15 is 0 Å². The van der Waals surface area contributed by atoms with Gasteiger partial charge in [0.05, 0.1) is 0 Å². The number of nitrogens with two attached hydrogens (primary N) is 1. The topological polar surface area (TPSA) is 29.3 Å². The van der Waals surface area contributed by atoms with Gasteiger partial charge in [0.1, 0.15) is 0 Å². The third kappa shape index (κ3) is 4.45. The predicted octanol–water partition coefficient (Wildman–Crippen LogP) is 4.17. The smallest absolute Gasteiger partial charge is 0.0482 e. The highest BCUT2D eigenvalue weighted by atomic mass is 35.5. The van der Waals surface area contributed by atoms with Gasteiger partial charge in [-0.25, -0.2) is 0 Å². The average molecular weight is 323 g/mol. The van der Waals surface area contributed by atoms with Gasteiger partial charge in [-0.05, 0) is 42.8 Å². The summed E-state index contributed by atoms with van der Waals surface area (Å²) < 4.78 is 0. The van der Waals surface area contributed by atoms with Crippen molar-refractivity contribution in [2.24, 2.45) is 5.73 Å². The SMILES string of the molecule is CN(CCc1ccccc1)C(CN)c1cc(Cl)ccc1Cl. The van der Waals surface area contributed by atoms with Gasteiger partial charge in [0.25, 0.3) is 0 Å². The number of hydrogen-bond acceptors (Lipinski definition) is 2. The summed E-state index contributed by atoms with van der Waals surface area (Å²) in [5.41, 5.74) is 8.26. The maximum atomic E-state index is 6.29. The number of halogens is 2. The first-order chi connectivity index (χ1) is 10.1. The van der Waals surface area contributed by atoms with Crippen molar-refractivity contribution in [3.63, 3.8) is 0 Å². The van der Waals surface area contributed by atoms with Crippen molar-refractivity contribution < 1.29 is 0 Å². The molecule has 0 amide bonds. The molecule has 2 aromatic carbocycles. The van der Waals surface area contributed by atoms with Gasteiger partial charge in [-0.1, -0.05) is 53.5 Å². The summed E-state index contributed by atoms with van der Waals surface area (Å²) in [5, 5.41) is 1.39. The van der Waals surface area contributed by atoms with Crippen LogP contribution in [0.3, 0.4) is 0 Å². The van der Waals surface area contributed by atoms with Crippen LogP contribution in [0.15, 0.2) is 48.5 Å². The van der Waals surface area contributed by atoms with Crippen molar-refractivity contribution in [3.05, 3.63) is 69.7 Å². The minimum Gasteiger partial charge on any atom is -0.329 e. The summed E-state index contributed by atoms with van der Waals surface area (Å²) in [4.78, 5) is 2.23. The summed E-state index contributed by atoms with van der Waals surface area (Å²) in [5.74, 6) is 0. The van der Waals surface area contributed by atoms with E-state index in [-0.39, 0.29) is 6.04 Å². The zero-order valence-electron chi connectivity index (χ0n) is 12.1. The predicted molar refractivity (Wildman–Crippen MR) is 91.0 cm³/mol. The normalized spacial score (nSPS) is 12.6. The lowest BCUT2D eigenvalue weighted by molar-refractivity contribution is 0.253. The second-order valence-corrected chi connectivity index (χ2v) is 5.98. The van der Waals surface area contributed by atoms with Crippen LogP contribution in [0.25, 0.3) is 0 Å². The van der Waals surface area contributed by atoms with E-state index in [1.54, 1.807) is 6.07 Å². The molecule has 4 heteroatoms. The second-order valence-electron chi connectivity index (χ2n) is 5.13. The van der Waals surface area contributed by atoms with E-state index < -0.39 is 0 Å². The minimum absolute atomic E-state index is 0.0694. The summed E-state index contributed by atoms with van der Waals surface area (Å²) in [7, 11) is 2.07. The molecule has 2 rings (SSSR count). The highest BCUT2D eigenvalue weighted by Gasteiger charge is 2.18. The molecule has 21 heavy (non-hydrogen) atoms. The third-order valence-corrected chi connectivity index (χ3v) is 4.25. The number of benzene rings is 2. The minimum atomic E-state index is 0.0694. The van der Waals surface area contributed by atoms with Gasteiger partial charge in [0.15, 0.2) is 0 Å². The molecular weight excluding hydrogens is 303 g/mol. The molecule has 1 unspecified atom stereocenters. The van der Waals surface area contributed by atoms with Crippen molar-refractivity contribution >= 4 is 23.2 Å². The highest BCUT2D eigenvalue weighted by Crippen LogP contribution is 2.29. The Labute approximate surface area is 136 Å². The standard InChI is InChI=1S/C17H20Cl2N2/c1-21(10-9-13-5-3-2-4-6-13)17(12-20)15-11-14(18)7-8-16(15)19/h2-8,11,17H,9-10,12,20H2,1H3. The molecule has 0 heterocycles. The van der Waals surface area contributed by atoms with Gasteiger partial charge < -0.3 is 5.73 Å². The molecule has 0 bridgehead atoms. The Balaban J connectivity index is 2.08. The summed E-state index contributed by atoms with van der Waals surface area (Å²) in [6, 6.07) is 16.0. The van der Waals surface area contributed by atoms with Gasteiger partial charge >= 0.3 is 0 Å². The van der Waals surface area contributed by atoms with Gasteiger partial charge in [0, 0.05) is 29.2 Å². The Morgan fingerprint density at radius 1 is 1.10 bits per heavy atom. The summed E-state index contributed by atoms with van der Waals surface area (Å²) >= 11 is 12.4. The lowest BCUT2D eigenvalue weighted by atomic mass is 10.0. The summed E-state index contributed by atoms with van der Waals surface area (Å²) in [6.45, 7) is 1.42. The molecule has 0 aliphatic carbocycles. The fourth-order valence-corrected chi connectivity index (χ4v) is 2.84. The first-order valence-electron chi connectivity index (χ1n) is 7.01. The van der Waals surface area contributed by atoms with E-state index in [0.717, 1.165) is 18.5 Å². The molecule has 2 aromatic rings. The van der Waals surface area contributed by atoms with E-state index in [1.165, 1.54) is 5.56 Å². The zero-order valence-corrected chi connectivity index (χ0v) is 13.6. The van der Waals surface area contributed by atoms with E-state index in [1.807, 2.05) is 18.2 Å². The van der Waals surface area contributed by atoms with Crippen molar-refractivity contribution in [1.29, 1.82) is 0 Å². The Morgan fingerprint density at radius 2 is 1.81 bits per heavy atom. The van der Waals surface area contributed by atoms with Crippen LogP contribution in [0.1, 0.15) is 17.2 Å². The van der Waals surface area contributed by atoms with Crippen molar-refractivity contribution in [1.82, 2.24) is 4.90 Å². The molecule has 0 aliphatic rings. The van der Waals surface area contributed by atoms with Gasteiger partial charge in [-0.15, -0.1) is 0 Å². The van der Waals surface area contributed by atoms with E-state index in [2.05, 4.69) is 36.2 Å². The Hall–Kier alpha value is -1.06. The number of rotatable bonds is 6. The molecule has 0 fully saturated rings. The molecule has 112 valence electrons. The maximum absolute atomic E-state index is 6.29. The van der Waals surface area contributed by atoms with Crippen LogP contribution in [0.4, 0.5) is 0 Å². The fourth-order valence-electron chi connectivity index (χ4n) is 2.42. The lowest BCUT2D eigenvalue weighted by Crippen LogP contribution is -2.32. The first-order valence-corrected chi connectivity index (χ1v) is 7.76. The molecule has 0 aliphatic heterocycles. The van der Waals surface area contributed by atoms with Crippen LogP contribution < -0.4 is 5.73 Å². The molecule has 0 aromatic heterocycles. The van der Waals surface area contributed by atoms with Crippen molar-refractivity contribution in [2.75, 3.05) is 20.1 Å². The van der Waals surface area contributed by atoms with Gasteiger partial charge in [-0.3, -0.25) is 4.90 Å². The largest absolute Gasteiger partial charge is 0.329 e. The highest BCUT2D eigenvalue weighted by molar-refractivity contribution is 6.33. The second kappa shape index (κ2) is 7.81. The molecule has 0 spiro atoms. The van der Waals surface area contributed by atoms with Crippen LogP contribution in [0.5, 0.6) is 0 Å². The Kier molecular flexibility index (Phi) is 6.07. The summed E-state index contributed by atoms with van der Waals surface area (Å²) in [6.07, 6.45) is 0.978. The molecular formula is C17H20Cl2N2. The van der Waals surface area contributed by atoms with Crippen LogP contribution >= 0.6 is 23.2 Å². The molecule has 1 atom stereocenters. The van der Waals surface area contributed by atoms with Crippen LogP contribution in [-0.2, 0) is 6.42 Å².